The number of rotatable bonds is 6. The van der Waals surface area contributed by atoms with Crippen LogP contribution in [-0.4, -0.2) is 24.5 Å². The summed E-state index contributed by atoms with van der Waals surface area (Å²) in [5.74, 6) is 0.580. The maximum absolute atomic E-state index is 11.7. The zero-order valence-electron chi connectivity index (χ0n) is 10.8. The Morgan fingerprint density at radius 1 is 1.41 bits per heavy atom. The van der Waals surface area contributed by atoms with E-state index in [1.807, 2.05) is 13.1 Å². The summed E-state index contributed by atoms with van der Waals surface area (Å²) in [6.45, 7) is 5.08. The highest BCUT2D eigenvalue weighted by molar-refractivity contribution is 5.92. The first kappa shape index (κ1) is 13.5. The average molecular weight is 235 g/mol. The number of carbonyl (C=O) groups is 1. The molecule has 0 radical (unpaired) electrons. The first-order valence-electron chi connectivity index (χ1n) is 6.05. The molecule has 0 atom stereocenters. The van der Waals surface area contributed by atoms with Gasteiger partial charge in [0.1, 0.15) is 5.69 Å². The molecule has 1 aromatic rings. The molecule has 1 heterocycles. The highest BCUT2D eigenvalue weighted by atomic mass is 16.1. The molecule has 4 heteroatoms. The summed E-state index contributed by atoms with van der Waals surface area (Å²) in [6, 6.07) is 3.57. The summed E-state index contributed by atoms with van der Waals surface area (Å²) in [4.78, 5) is 15.8. The Morgan fingerprint density at radius 2 is 2.18 bits per heavy atom. The molecule has 0 unspecified atom stereocenters. The molecule has 4 nitrogen and oxygen atoms in total. The van der Waals surface area contributed by atoms with Crippen LogP contribution in [0.1, 0.15) is 37.2 Å². The van der Waals surface area contributed by atoms with Gasteiger partial charge in [0.25, 0.3) is 5.91 Å². The van der Waals surface area contributed by atoms with Gasteiger partial charge in [-0.15, -0.1) is 0 Å². The monoisotopic (exact) mass is 235 g/mol. The van der Waals surface area contributed by atoms with E-state index in [9.17, 15) is 4.79 Å². The van der Waals surface area contributed by atoms with Crippen LogP contribution in [-0.2, 0) is 0 Å². The molecule has 0 saturated carbocycles. The molecular formula is C13H21N3O. The lowest BCUT2D eigenvalue weighted by atomic mass is 10.1. The van der Waals surface area contributed by atoms with Crippen molar-refractivity contribution in [2.24, 2.45) is 5.92 Å². The first-order valence-corrected chi connectivity index (χ1v) is 6.05. The van der Waals surface area contributed by atoms with Gasteiger partial charge in [0.05, 0.1) is 11.9 Å². The molecule has 0 aliphatic carbocycles. The van der Waals surface area contributed by atoms with Gasteiger partial charge in [-0.3, -0.25) is 4.79 Å². The van der Waals surface area contributed by atoms with Crippen LogP contribution in [0.3, 0.4) is 0 Å². The van der Waals surface area contributed by atoms with E-state index in [1.54, 1.807) is 12.3 Å². The van der Waals surface area contributed by atoms with Crippen molar-refractivity contribution in [1.82, 2.24) is 10.3 Å². The second-order valence-corrected chi connectivity index (χ2v) is 4.47. The number of aromatic nitrogens is 1. The first-order chi connectivity index (χ1) is 8.13. The van der Waals surface area contributed by atoms with Gasteiger partial charge in [-0.1, -0.05) is 13.8 Å². The van der Waals surface area contributed by atoms with Crippen molar-refractivity contribution >= 4 is 11.6 Å². The summed E-state index contributed by atoms with van der Waals surface area (Å²) in [5, 5.41) is 5.83. The molecule has 0 aromatic carbocycles. The Labute approximate surface area is 103 Å². The van der Waals surface area contributed by atoms with Crippen LogP contribution in [0, 0.1) is 5.92 Å². The Hall–Kier alpha value is -1.58. The van der Waals surface area contributed by atoms with E-state index in [-0.39, 0.29) is 5.91 Å². The average Bonchev–Trinajstić information content (AvgIpc) is 2.34. The predicted octanol–water partition coefficient (Wildman–Crippen LogP) is 2.29. The molecular weight excluding hydrogens is 214 g/mol. The van der Waals surface area contributed by atoms with E-state index in [1.165, 1.54) is 0 Å². The fourth-order valence-electron chi connectivity index (χ4n) is 1.48. The fourth-order valence-corrected chi connectivity index (χ4v) is 1.48. The minimum Gasteiger partial charge on any atom is -0.387 e. The highest BCUT2D eigenvalue weighted by Gasteiger charge is 2.05. The molecule has 17 heavy (non-hydrogen) atoms. The normalized spacial score (nSPS) is 10.4. The van der Waals surface area contributed by atoms with Crippen molar-refractivity contribution in [3.8, 4) is 0 Å². The molecule has 0 fully saturated rings. The van der Waals surface area contributed by atoms with E-state index in [0.717, 1.165) is 18.5 Å². The predicted molar refractivity (Wildman–Crippen MR) is 70.2 cm³/mol. The molecule has 0 spiro atoms. The number of hydrogen-bond acceptors (Lipinski definition) is 3. The van der Waals surface area contributed by atoms with Crippen molar-refractivity contribution in [3.63, 3.8) is 0 Å². The van der Waals surface area contributed by atoms with Crippen LogP contribution >= 0.6 is 0 Å². The third-order valence-corrected chi connectivity index (χ3v) is 2.53. The van der Waals surface area contributed by atoms with Gasteiger partial charge in [-0.25, -0.2) is 4.98 Å². The lowest BCUT2D eigenvalue weighted by Crippen LogP contribution is -2.25. The second-order valence-electron chi connectivity index (χ2n) is 4.47. The van der Waals surface area contributed by atoms with Gasteiger partial charge >= 0.3 is 0 Å². The minimum absolute atomic E-state index is 0.101. The smallest absolute Gasteiger partial charge is 0.269 e. The molecule has 0 bridgehead atoms. The van der Waals surface area contributed by atoms with Gasteiger partial charge in [0, 0.05) is 13.6 Å². The Kier molecular flexibility index (Phi) is 5.46. The van der Waals surface area contributed by atoms with Gasteiger partial charge < -0.3 is 10.6 Å². The van der Waals surface area contributed by atoms with Gasteiger partial charge in [0.15, 0.2) is 0 Å². The van der Waals surface area contributed by atoms with Crippen molar-refractivity contribution in [1.29, 1.82) is 0 Å². The quantitative estimate of drug-likeness (QED) is 0.744. The van der Waals surface area contributed by atoms with E-state index in [2.05, 4.69) is 29.5 Å². The number of carbonyl (C=O) groups excluding carboxylic acids is 1. The SMILES string of the molecule is CNc1ccc(C(=O)NCCCC(C)C)nc1. The van der Waals surface area contributed by atoms with E-state index < -0.39 is 0 Å². The van der Waals surface area contributed by atoms with Crippen LogP contribution in [0.2, 0.25) is 0 Å². The van der Waals surface area contributed by atoms with Crippen LogP contribution in [0.15, 0.2) is 18.3 Å². The fraction of sp³-hybridized carbons (Fsp3) is 0.538. The molecule has 0 saturated heterocycles. The molecule has 0 aliphatic heterocycles. The van der Waals surface area contributed by atoms with Gasteiger partial charge in [-0.05, 0) is 30.9 Å². The number of nitrogens with zero attached hydrogens (tertiary/aromatic N) is 1. The standard InChI is InChI=1S/C13H21N3O/c1-10(2)5-4-8-15-13(17)12-7-6-11(14-3)9-16-12/h6-7,9-10,14H,4-5,8H2,1-3H3,(H,15,17). The number of amides is 1. The van der Waals surface area contributed by atoms with Crippen molar-refractivity contribution in [3.05, 3.63) is 24.0 Å². The second kappa shape index (κ2) is 6.89. The summed E-state index contributed by atoms with van der Waals surface area (Å²) < 4.78 is 0. The summed E-state index contributed by atoms with van der Waals surface area (Å²) in [5.41, 5.74) is 1.37. The van der Waals surface area contributed by atoms with Crippen molar-refractivity contribution in [2.75, 3.05) is 18.9 Å². The molecule has 1 rings (SSSR count). The Balaban J connectivity index is 2.36. The van der Waals surface area contributed by atoms with Crippen LogP contribution in [0.5, 0.6) is 0 Å². The zero-order chi connectivity index (χ0) is 12.7. The topological polar surface area (TPSA) is 54.0 Å². The number of hydrogen-bond donors (Lipinski definition) is 2. The number of anilines is 1. The lowest BCUT2D eigenvalue weighted by molar-refractivity contribution is 0.0947. The maximum Gasteiger partial charge on any atom is 0.269 e. The van der Waals surface area contributed by atoms with Crippen LogP contribution in [0.25, 0.3) is 0 Å². The molecule has 0 aliphatic rings. The molecule has 1 amide bonds. The van der Waals surface area contributed by atoms with Crippen molar-refractivity contribution in [2.45, 2.75) is 26.7 Å². The number of nitrogens with one attached hydrogen (secondary N) is 2. The Morgan fingerprint density at radius 3 is 2.71 bits per heavy atom. The summed E-state index contributed by atoms with van der Waals surface area (Å²) >= 11 is 0. The van der Waals surface area contributed by atoms with Crippen LogP contribution < -0.4 is 10.6 Å². The third-order valence-electron chi connectivity index (χ3n) is 2.53. The van der Waals surface area contributed by atoms with E-state index >= 15 is 0 Å². The van der Waals surface area contributed by atoms with Crippen LogP contribution in [0.4, 0.5) is 5.69 Å². The zero-order valence-corrected chi connectivity index (χ0v) is 10.8. The van der Waals surface area contributed by atoms with Gasteiger partial charge in [-0.2, -0.15) is 0 Å². The molecule has 94 valence electrons. The summed E-state index contributed by atoms with van der Waals surface area (Å²) in [7, 11) is 1.82. The number of pyridine rings is 1. The molecule has 1 aromatic heterocycles. The minimum atomic E-state index is -0.101. The van der Waals surface area contributed by atoms with E-state index in [0.29, 0.717) is 18.2 Å². The van der Waals surface area contributed by atoms with Gasteiger partial charge in [0.2, 0.25) is 0 Å². The third kappa shape index (κ3) is 4.85. The maximum atomic E-state index is 11.7. The Bertz CT molecular complexity index is 346. The molecule has 2 N–H and O–H groups in total. The lowest BCUT2D eigenvalue weighted by Gasteiger charge is -2.06. The summed E-state index contributed by atoms with van der Waals surface area (Å²) in [6.07, 6.45) is 3.80. The van der Waals surface area contributed by atoms with Crippen molar-refractivity contribution < 1.29 is 4.79 Å². The van der Waals surface area contributed by atoms with E-state index in [4.69, 9.17) is 0 Å². The highest BCUT2D eigenvalue weighted by Crippen LogP contribution is 2.05. The largest absolute Gasteiger partial charge is 0.387 e.